The van der Waals surface area contributed by atoms with Crippen LogP contribution >= 0.6 is 0 Å². The number of para-hydroxylation sites is 1. The molecule has 0 atom stereocenters. The summed E-state index contributed by atoms with van der Waals surface area (Å²) in [6.07, 6.45) is 0. The fraction of sp³-hybridized carbons (Fsp3) is 0. The highest BCUT2D eigenvalue weighted by molar-refractivity contribution is 7.92. The normalized spacial score (nSPS) is 12.1. The van der Waals surface area contributed by atoms with Gasteiger partial charge >= 0.3 is 0 Å². The van der Waals surface area contributed by atoms with Gasteiger partial charge in [0, 0.05) is 22.2 Å². The smallest absolute Gasteiger partial charge is 0.261 e. The molecule has 0 bridgehead atoms. The third-order valence-corrected chi connectivity index (χ3v) is 6.76. The summed E-state index contributed by atoms with van der Waals surface area (Å²) in [7, 11) is -3.76. The molecule has 34 heavy (non-hydrogen) atoms. The van der Waals surface area contributed by atoms with Crippen LogP contribution in [0.15, 0.2) is 119 Å². The van der Waals surface area contributed by atoms with Crippen molar-refractivity contribution < 1.29 is 13.5 Å². The van der Waals surface area contributed by atoms with Crippen LogP contribution in [-0.2, 0) is 10.0 Å². The van der Waals surface area contributed by atoms with Gasteiger partial charge < -0.3 is 10.1 Å². The minimum atomic E-state index is -3.76. The molecule has 168 valence electrons. The lowest BCUT2D eigenvalue weighted by Crippen LogP contribution is -2.12. The van der Waals surface area contributed by atoms with E-state index in [0.717, 1.165) is 11.3 Å². The van der Waals surface area contributed by atoms with Gasteiger partial charge in [-0.1, -0.05) is 66.7 Å². The van der Waals surface area contributed by atoms with Crippen LogP contribution in [-0.4, -0.2) is 24.2 Å². The molecule has 0 amide bonds. The maximum absolute atomic E-state index is 12.8. The molecule has 5 aromatic rings. The van der Waals surface area contributed by atoms with Gasteiger partial charge in [0.1, 0.15) is 0 Å². The van der Waals surface area contributed by atoms with Crippen molar-refractivity contribution in [3.8, 4) is 5.88 Å². The highest BCUT2D eigenvalue weighted by atomic mass is 32.2. The number of rotatable bonds is 6. The first kappa shape index (κ1) is 21.5. The van der Waals surface area contributed by atoms with E-state index in [9.17, 15) is 13.5 Å². The van der Waals surface area contributed by atoms with Crippen molar-refractivity contribution in [3.63, 3.8) is 0 Å². The second-order valence-electron chi connectivity index (χ2n) is 7.69. The van der Waals surface area contributed by atoms with Gasteiger partial charge in [0.2, 0.25) is 0 Å². The van der Waals surface area contributed by atoms with Crippen LogP contribution in [0.1, 0.15) is 11.1 Å². The molecular weight excluding hydrogens is 446 g/mol. The van der Waals surface area contributed by atoms with E-state index in [-0.39, 0.29) is 10.8 Å². The summed E-state index contributed by atoms with van der Waals surface area (Å²) < 4.78 is 28.3. The Kier molecular flexibility index (Phi) is 5.61. The maximum atomic E-state index is 12.8. The van der Waals surface area contributed by atoms with E-state index < -0.39 is 10.0 Å². The molecule has 0 aliphatic carbocycles. The highest BCUT2D eigenvalue weighted by Crippen LogP contribution is 2.33. The van der Waals surface area contributed by atoms with E-state index in [1.807, 2.05) is 60.7 Å². The third kappa shape index (κ3) is 4.29. The van der Waals surface area contributed by atoms with Crippen LogP contribution < -0.4 is 4.72 Å². The number of H-pyrrole nitrogens is 1. The number of nitrogens with one attached hydrogen (secondary N) is 2. The van der Waals surface area contributed by atoms with Crippen LogP contribution in [0.2, 0.25) is 0 Å². The van der Waals surface area contributed by atoms with Crippen LogP contribution in [0.3, 0.4) is 0 Å². The molecule has 1 heterocycles. The van der Waals surface area contributed by atoms with Crippen molar-refractivity contribution in [1.82, 2.24) is 4.98 Å². The van der Waals surface area contributed by atoms with Crippen molar-refractivity contribution in [3.05, 3.63) is 120 Å². The number of benzene rings is 4. The molecular formula is C27H21N3O3S. The zero-order valence-corrected chi connectivity index (χ0v) is 18.8. The number of aromatic amines is 1. The molecule has 0 spiro atoms. The molecule has 0 aliphatic rings. The third-order valence-electron chi connectivity index (χ3n) is 5.37. The summed E-state index contributed by atoms with van der Waals surface area (Å²) in [5.41, 5.74) is 3.65. The van der Waals surface area contributed by atoms with Crippen molar-refractivity contribution >= 4 is 38.0 Å². The van der Waals surface area contributed by atoms with Gasteiger partial charge in [-0.05, 0) is 42.5 Å². The van der Waals surface area contributed by atoms with Crippen molar-refractivity contribution in [2.75, 3.05) is 4.72 Å². The van der Waals surface area contributed by atoms with E-state index in [2.05, 4.69) is 9.71 Å². The Morgan fingerprint density at radius 1 is 0.794 bits per heavy atom. The molecule has 6 nitrogen and oxygen atoms in total. The number of nitrogens with zero attached hydrogens (tertiary/aromatic N) is 1. The number of aromatic nitrogens is 1. The van der Waals surface area contributed by atoms with Gasteiger partial charge in [-0.25, -0.2) is 13.4 Å². The molecule has 0 saturated carbocycles. The quantitative estimate of drug-likeness (QED) is 0.274. The van der Waals surface area contributed by atoms with Crippen LogP contribution in [0.25, 0.3) is 10.9 Å². The molecule has 3 N–H and O–H groups in total. The Hall–Kier alpha value is -4.36. The lowest BCUT2D eigenvalue weighted by atomic mass is 10.0. The largest absolute Gasteiger partial charge is 0.494 e. The summed E-state index contributed by atoms with van der Waals surface area (Å²) in [6.45, 7) is 0. The Balaban J connectivity index is 1.65. The van der Waals surface area contributed by atoms with Crippen LogP contribution in [0, 0.1) is 0 Å². The lowest BCUT2D eigenvalue weighted by Gasteiger charge is -2.10. The van der Waals surface area contributed by atoms with Crippen molar-refractivity contribution in [1.29, 1.82) is 0 Å². The fourth-order valence-corrected chi connectivity index (χ4v) is 4.86. The average molecular weight is 468 g/mol. The van der Waals surface area contributed by atoms with E-state index in [4.69, 9.17) is 4.99 Å². The molecule has 1 aromatic heterocycles. The molecule has 0 radical (unpaired) electrons. The number of hydrogen-bond donors (Lipinski definition) is 3. The molecule has 0 saturated heterocycles. The molecule has 4 aromatic carbocycles. The van der Waals surface area contributed by atoms with Crippen molar-refractivity contribution in [2.45, 2.75) is 4.90 Å². The zero-order chi connectivity index (χ0) is 23.5. The number of hydrogen-bond acceptors (Lipinski definition) is 4. The molecule has 0 unspecified atom stereocenters. The average Bonchev–Trinajstić information content (AvgIpc) is 3.19. The minimum absolute atomic E-state index is 0.0448. The number of sulfonamides is 1. The second-order valence-corrected chi connectivity index (χ2v) is 9.37. The Bertz CT molecular complexity index is 1580. The Morgan fingerprint density at radius 2 is 1.41 bits per heavy atom. The predicted octanol–water partition coefficient (Wildman–Crippen LogP) is 5.84. The van der Waals surface area contributed by atoms with Gasteiger partial charge in [-0.3, -0.25) is 4.72 Å². The predicted molar refractivity (Wildman–Crippen MR) is 135 cm³/mol. The van der Waals surface area contributed by atoms with E-state index in [1.54, 1.807) is 36.4 Å². The molecule has 0 aliphatic heterocycles. The molecule has 0 fully saturated rings. The number of aliphatic imine (C=N–C) groups is 1. The number of aromatic hydroxyl groups is 1. The Labute approximate surface area is 197 Å². The standard InChI is InChI=1S/C27H21N3O3S/c31-27-25(26(19-10-4-1-5-11-19)28-20-12-6-2-7-13-20)23-18-21(16-17-24(23)29-27)30-34(32,33)22-14-8-3-9-15-22/h1-18,29-31H. The molecule has 5 rings (SSSR count). The monoisotopic (exact) mass is 467 g/mol. The highest BCUT2D eigenvalue weighted by Gasteiger charge is 2.20. The molecule has 7 heteroatoms. The first-order valence-electron chi connectivity index (χ1n) is 10.6. The Morgan fingerprint density at radius 3 is 2.09 bits per heavy atom. The van der Waals surface area contributed by atoms with Crippen LogP contribution in [0.4, 0.5) is 11.4 Å². The van der Waals surface area contributed by atoms with Gasteiger partial charge in [-0.15, -0.1) is 0 Å². The lowest BCUT2D eigenvalue weighted by molar-refractivity contribution is 0.457. The second kappa shape index (κ2) is 8.88. The van der Waals surface area contributed by atoms with Gasteiger partial charge in [0.25, 0.3) is 10.0 Å². The summed E-state index contributed by atoms with van der Waals surface area (Å²) in [6, 6.07) is 32.3. The maximum Gasteiger partial charge on any atom is 0.261 e. The summed E-state index contributed by atoms with van der Waals surface area (Å²) in [5, 5.41) is 11.5. The number of anilines is 1. The topological polar surface area (TPSA) is 94.5 Å². The first-order chi connectivity index (χ1) is 16.5. The SMILES string of the molecule is O=S(=O)(Nc1ccc2[nH]c(O)c(C(=Nc3ccccc3)c3ccccc3)c2c1)c1ccccc1. The minimum Gasteiger partial charge on any atom is -0.494 e. The fourth-order valence-electron chi connectivity index (χ4n) is 3.79. The first-order valence-corrected chi connectivity index (χ1v) is 12.1. The summed E-state index contributed by atoms with van der Waals surface area (Å²) in [5.74, 6) is -0.0448. The van der Waals surface area contributed by atoms with E-state index >= 15 is 0 Å². The number of fused-ring (bicyclic) bond motifs is 1. The summed E-state index contributed by atoms with van der Waals surface area (Å²) >= 11 is 0. The van der Waals surface area contributed by atoms with Gasteiger partial charge in [0.05, 0.1) is 21.9 Å². The van der Waals surface area contributed by atoms with Crippen LogP contribution in [0.5, 0.6) is 5.88 Å². The van der Waals surface area contributed by atoms with E-state index in [0.29, 0.717) is 27.9 Å². The summed E-state index contributed by atoms with van der Waals surface area (Å²) in [4.78, 5) is 7.98. The van der Waals surface area contributed by atoms with Gasteiger partial charge in [0.15, 0.2) is 5.88 Å². The van der Waals surface area contributed by atoms with E-state index in [1.165, 1.54) is 12.1 Å². The van der Waals surface area contributed by atoms with Crippen molar-refractivity contribution in [2.24, 2.45) is 4.99 Å². The zero-order valence-electron chi connectivity index (χ0n) is 18.0. The van der Waals surface area contributed by atoms with Gasteiger partial charge in [-0.2, -0.15) is 0 Å².